The van der Waals surface area contributed by atoms with Crippen molar-refractivity contribution in [1.82, 2.24) is 9.97 Å². The van der Waals surface area contributed by atoms with Crippen LogP contribution in [0.3, 0.4) is 0 Å². The molecule has 0 radical (unpaired) electrons. The highest BCUT2D eigenvalue weighted by molar-refractivity contribution is 5.27. The molecule has 1 aliphatic heterocycles. The molecule has 4 nitrogen and oxygen atoms in total. The minimum atomic E-state index is -0.0634. The molecule has 1 atom stereocenters. The van der Waals surface area contributed by atoms with Crippen molar-refractivity contribution in [2.75, 3.05) is 18.5 Å². The molecule has 1 aromatic heterocycles. The molecule has 2 rings (SSSR count). The standard InChI is InChI=1S/C14H23N3O/c1-13(2,3)11-8-15-12(16-9-11)17-10-14(4)6-5-7-18-14/h8-9H,5-7,10H2,1-4H3,(H,15,16,17). The highest BCUT2D eigenvalue weighted by atomic mass is 16.5. The Labute approximate surface area is 109 Å². The predicted molar refractivity (Wildman–Crippen MR) is 72.8 cm³/mol. The van der Waals surface area contributed by atoms with Gasteiger partial charge < -0.3 is 10.1 Å². The highest BCUT2D eigenvalue weighted by Crippen LogP contribution is 2.25. The number of hydrogen-bond donors (Lipinski definition) is 1. The zero-order valence-electron chi connectivity index (χ0n) is 11.8. The first-order valence-corrected chi connectivity index (χ1v) is 6.59. The van der Waals surface area contributed by atoms with E-state index < -0.39 is 0 Å². The summed E-state index contributed by atoms with van der Waals surface area (Å²) in [6, 6.07) is 0. The van der Waals surface area contributed by atoms with Crippen LogP contribution >= 0.6 is 0 Å². The van der Waals surface area contributed by atoms with Crippen LogP contribution in [0.15, 0.2) is 12.4 Å². The third-order valence-electron chi connectivity index (χ3n) is 3.44. The molecule has 0 saturated carbocycles. The number of nitrogens with one attached hydrogen (secondary N) is 1. The summed E-state index contributed by atoms with van der Waals surface area (Å²) in [6.45, 7) is 10.2. The average molecular weight is 249 g/mol. The van der Waals surface area contributed by atoms with Gasteiger partial charge in [0, 0.05) is 25.5 Å². The van der Waals surface area contributed by atoms with Gasteiger partial charge >= 0.3 is 0 Å². The molecule has 0 spiro atoms. The lowest BCUT2D eigenvalue weighted by Crippen LogP contribution is -2.33. The highest BCUT2D eigenvalue weighted by Gasteiger charge is 2.29. The summed E-state index contributed by atoms with van der Waals surface area (Å²) in [5, 5.41) is 3.26. The maximum Gasteiger partial charge on any atom is 0.222 e. The van der Waals surface area contributed by atoms with E-state index in [4.69, 9.17) is 4.74 Å². The fourth-order valence-electron chi connectivity index (χ4n) is 2.05. The summed E-state index contributed by atoms with van der Waals surface area (Å²) >= 11 is 0. The van der Waals surface area contributed by atoms with Crippen LogP contribution < -0.4 is 5.32 Å². The van der Waals surface area contributed by atoms with Crippen molar-refractivity contribution < 1.29 is 4.74 Å². The Kier molecular flexibility index (Phi) is 3.57. The zero-order chi connectivity index (χ0) is 13.2. The molecule has 1 fully saturated rings. The normalized spacial score (nSPS) is 24.2. The van der Waals surface area contributed by atoms with Crippen molar-refractivity contribution in [2.45, 2.75) is 51.6 Å². The Balaban J connectivity index is 1.94. The summed E-state index contributed by atoms with van der Waals surface area (Å²) < 4.78 is 5.72. The molecule has 1 N–H and O–H groups in total. The lowest BCUT2D eigenvalue weighted by atomic mass is 9.89. The smallest absolute Gasteiger partial charge is 0.222 e. The molecule has 1 saturated heterocycles. The van der Waals surface area contributed by atoms with Crippen LogP contribution in [0.5, 0.6) is 0 Å². The lowest BCUT2D eigenvalue weighted by molar-refractivity contribution is 0.0314. The number of rotatable bonds is 3. The van der Waals surface area contributed by atoms with E-state index in [1.54, 1.807) is 0 Å². The number of hydrogen-bond acceptors (Lipinski definition) is 4. The van der Waals surface area contributed by atoms with Gasteiger partial charge in [0.2, 0.25) is 5.95 Å². The van der Waals surface area contributed by atoms with Crippen molar-refractivity contribution in [3.05, 3.63) is 18.0 Å². The Bertz CT molecular complexity index is 388. The molecule has 100 valence electrons. The van der Waals surface area contributed by atoms with Gasteiger partial charge in [0.15, 0.2) is 0 Å². The third kappa shape index (κ3) is 3.19. The van der Waals surface area contributed by atoms with E-state index >= 15 is 0 Å². The first-order chi connectivity index (χ1) is 8.39. The van der Waals surface area contributed by atoms with E-state index in [-0.39, 0.29) is 11.0 Å². The maximum atomic E-state index is 5.72. The minimum Gasteiger partial charge on any atom is -0.373 e. The van der Waals surface area contributed by atoms with Crippen LogP contribution in [0.25, 0.3) is 0 Å². The van der Waals surface area contributed by atoms with Crippen LogP contribution in [0.1, 0.15) is 46.1 Å². The van der Waals surface area contributed by atoms with Crippen molar-refractivity contribution in [2.24, 2.45) is 0 Å². The van der Waals surface area contributed by atoms with E-state index in [0.717, 1.165) is 31.6 Å². The summed E-state index contributed by atoms with van der Waals surface area (Å²) in [5.74, 6) is 0.680. The van der Waals surface area contributed by atoms with E-state index in [9.17, 15) is 0 Å². The van der Waals surface area contributed by atoms with E-state index in [1.807, 2.05) is 12.4 Å². The van der Waals surface area contributed by atoms with Crippen LogP contribution in [0, 0.1) is 0 Å². The summed E-state index contributed by atoms with van der Waals surface area (Å²) in [6.07, 6.45) is 6.03. The van der Waals surface area contributed by atoms with Gasteiger partial charge in [-0.3, -0.25) is 0 Å². The molecule has 2 heterocycles. The molecular weight excluding hydrogens is 226 g/mol. The van der Waals surface area contributed by atoms with Crippen molar-refractivity contribution >= 4 is 5.95 Å². The number of anilines is 1. The second kappa shape index (κ2) is 4.84. The van der Waals surface area contributed by atoms with Crippen molar-refractivity contribution in [1.29, 1.82) is 0 Å². The predicted octanol–water partition coefficient (Wildman–Crippen LogP) is 2.76. The third-order valence-corrected chi connectivity index (χ3v) is 3.44. The van der Waals surface area contributed by atoms with Gasteiger partial charge in [-0.15, -0.1) is 0 Å². The molecule has 0 amide bonds. The van der Waals surface area contributed by atoms with Crippen LogP contribution in [0.4, 0.5) is 5.95 Å². The fourth-order valence-corrected chi connectivity index (χ4v) is 2.05. The Morgan fingerprint density at radius 3 is 2.50 bits per heavy atom. The average Bonchev–Trinajstić information content (AvgIpc) is 2.74. The van der Waals surface area contributed by atoms with Gasteiger partial charge in [0.05, 0.1) is 5.60 Å². The SMILES string of the molecule is CC1(CNc2ncc(C(C)(C)C)cn2)CCCO1. The maximum absolute atomic E-state index is 5.72. The van der Waals surface area contributed by atoms with Gasteiger partial charge in [0.25, 0.3) is 0 Å². The molecule has 0 bridgehead atoms. The van der Waals surface area contributed by atoms with Crippen LogP contribution in [0.2, 0.25) is 0 Å². The molecule has 0 aliphatic carbocycles. The topological polar surface area (TPSA) is 47.0 Å². The number of aromatic nitrogens is 2. The lowest BCUT2D eigenvalue weighted by Gasteiger charge is -2.23. The first-order valence-electron chi connectivity index (χ1n) is 6.59. The minimum absolute atomic E-state index is 0.0634. The first kappa shape index (κ1) is 13.3. The van der Waals surface area contributed by atoms with Gasteiger partial charge in [0.1, 0.15) is 0 Å². The fraction of sp³-hybridized carbons (Fsp3) is 0.714. The molecule has 1 aliphatic rings. The second-order valence-electron chi connectivity index (χ2n) is 6.30. The molecular formula is C14H23N3O. The van der Waals surface area contributed by atoms with E-state index in [2.05, 4.69) is 43.0 Å². The summed E-state index contributed by atoms with van der Waals surface area (Å²) in [5.41, 5.74) is 1.18. The number of nitrogens with zero attached hydrogens (tertiary/aromatic N) is 2. The monoisotopic (exact) mass is 249 g/mol. The Morgan fingerprint density at radius 1 is 1.33 bits per heavy atom. The largest absolute Gasteiger partial charge is 0.373 e. The Morgan fingerprint density at radius 2 is 2.00 bits per heavy atom. The van der Waals surface area contributed by atoms with Crippen molar-refractivity contribution in [3.63, 3.8) is 0 Å². The van der Waals surface area contributed by atoms with Crippen LogP contribution in [-0.2, 0) is 10.2 Å². The second-order valence-corrected chi connectivity index (χ2v) is 6.30. The number of ether oxygens (including phenoxy) is 1. The van der Waals surface area contributed by atoms with Gasteiger partial charge in [-0.05, 0) is 30.7 Å². The molecule has 18 heavy (non-hydrogen) atoms. The van der Waals surface area contributed by atoms with Gasteiger partial charge in [-0.1, -0.05) is 20.8 Å². The van der Waals surface area contributed by atoms with E-state index in [1.165, 1.54) is 0 Å². The molecule has 0 aromatic carbocycles. The Hall–Kier alpha value is -1.16. The molecule has 1 aromatic rings. The van der Waals surface area contributed by atoms with Gasteiger partial charge in [-0.25, -0.2) is 9.97 Å². The van der Waals surface area contributed by atoms with E-state index in [0.29, 0.717) is 5.95 Å². The van der Waals surface area contributed by atoms with Gasteiger partial charge in [-0.2, -0.15) is 0 Å². The summed E-state index contributed by atoms with van der Waals surface area (Å²) in [4.78, 5) is 8.72. The summed E-state index contributed by atoms with van der Waals surface area (Å²) in [7, 11) is 0. The molecule has 1 unspecified atom stereocenters. The zero-order valence-corrected chi connectivity index (χ0v) is 11.8. The quantitative estimate of drug-likeness (QED) is 0.894. The van der Waals surface area contributed by atoms with Crippen LogP contribution in [-0.4, -0.2) is 28.7 Å². The molecule has 4 heteroatoms. The van der Waals surface area contributed by atoms with Crippen molar-refractivity contribution in [3.8, 4) is 0 Å².